The van der Waals surface area contributed by atoms with Gasteiger partial charge in [0.2, 0.25) is 11.8 Å². The first kappa shape index (κ1) is 27.7. The lowest BCUT2D eigenvalue weighted by atomic mass is 9.78. The minimum atomic E-state index is -0.176. The van der Waals surface area contributed by atoms with Crippen LogP contribution in [0.4, 0.5) is 11.6 Å². The summed E-state index contributed by atoms with van der Waals surface area (Å²) in [5.74, 6) is 0.959. The summed E-state index contributed by atoms with van der Waals surface area (Å²) in [5, 5.41) is 24.1. The summed E-state index contributed by atoms with van der Waals surface area (Å²) in [6.07, 6.45) is 4.35. The van der Waals surface area contributed by atoms with Gasteiger partial charge in [0.1, 0.15) is 0 Å². The Kier molecular flexibility index (Phi) is 8.98. The van der Waals surface area contributed by atoms with Crippen LogP contribution in [-0.4, -0.2) is 32.2 Å². The zero-order valence-electron chi connectivity index (χ0n) is 21.7. The molecule has 1 aliphatic rings. The highest BCUT2D eigenvalue weighted by molar-refractivity contribution is 6.31. The summed E-state index contributed by atoms with van der Waals surface area (Å²) in [6, 6.07) is 21.9. The molecule has 0 radical (unpaired) electrons. The van der Waals surface area contributed by atoms with E-state index in [9.17, 15) is 9.59 Å². The van der Waals surface area contributed by atoms with Gasteiger partial charge in [0, 0.05) is 21.9 Å². The van der Waals surface area contributed by atoms with Crippen molar-refractivity contribution in [3.05, 3.63) is 105 Å². The van der Waals surface area contributed by atoms with E-state index in [0.717, 1.165) is 48.2 Å². The fraction of sp³-hybridized carbons (Fsp3) is 0.267. The van der Waals surface area contributed by atoms with Gasteiger partial charge in [-0.2, -0.15) is 10.2 Å². The van der Waals surface area contributed by atoms with Crippen molar-refractivity contribution in [3.8, 4) is 0 Å². The Morgan fingerprint density at radius 1 is 0.675 bits per heavy atom. The third-order valence-corrected chi connectivity index (χ3v) is 7.39. The van der Waals surface area contributed by atoms with Crippen molar-refractivity contribution in [1.29, 1.82) is 0 Å². The molecule has 8 nitrogen and oxygen atoms in total. The lowest BCUT2D eigenvalue weighted by molar-refractivity contribution is -0.116. The predicted octanol–water partition coefficient (Wildman–Crippen LogP) is 6.38. The summed E-state index contributed by atoms with van der Waals surface area (Å²) in [7, 11) is 0. The molecule has 40 heavy (non-hydrogen) atoms. The molecule has 0 unspecified atom stereocenters. The second-order valence-electron chi connectivity index (χ2n) is 9.96. The molecule has 2 atom stereocenters. The lowest BCUT2D eigenvalue weighted by Gasteiger charge is -2.28. The standard InChI is InChI=1S/C30H28Cl2N6O2/c31-23-8-1-4-19(14-23)16-29(39)33-27-12-10-25(35-37-27)21-6-3-7-22(18-21)26-11-13-28(38-36-26)34-30(40)17-20-5-2-9-24(32)15-20/h1-2,4-5,8-15,21-22H,3,6-7,16-18H2,(H,33,37,39)(H,34,38,40)/t21-,22-/m0/s1. The van der Waals surface area contributed by atoms with Gasteiger partial charge in [-0.05, 0) is 78.9 Å². The molecular formula is C30H28Cl2N6O2. The van der Waals surface area contributed by atoms with Crippen LogP contribution in [0.3, 0.4) is 0 Å². The zero-order valence-corrected chi connectivity index (χ0v) is 23.2. The predicted molar refractivity (Wildman–Crippen MR) is 156 cm³/mol. The quantitative estimate of drug-likeness (QED) is 0.253. The molecule has 5 rings (SSSR count). The normalized spacial score (nSPS) is 16.8. The van der Waals surface area contributed by atoms with E-state index in [1.54, 1.807) is 36.4 Å². The van der Waals surface area contributed by atoms with E-state index in [0.29, 0.717) is 21.7 Å². The summed E-state index contributed by atoms with van der Waals surface area (Å²) in [5.41, 5.74) is 3.46. The first-order valence-electron chi connectivity index (χ1n) is 13.2. The molecule has 2 amide bonds. The van der Waals surface area contributed by atoms with E-state index in [2.05, 4.69) is 31.0 Å². The summed E-state index contributed by atoms with van der Waals surface area (Å²) >= 11 is 12.0. The van der Waals surface area contributed by atoms with Gasteiger partial charge < -0.3 is 10.6 Å². The van der Waals surface area contributed by atoms with Crippen molar-refractivity contribution in [3.63, 3.8) is 0 Å². The number of nitrogens with one attached hydrogen (secondary N) is 2. The number of rotatable bonds is 8. The van der Waals surface area contributed by atoms with Crippen LogP contribution in [0.15, 0.2) is 72.8 Å². The summed E-state index contributed by atoms with van der Waals surface area (Å²) in [4.78, 5) is 24.8. The molecule has 4 aromatic rings. The van der Waals surface area contributed by atoms with E-state index in [4.69, 9.17) is 23.2 Å². The van der Waals surface area contributed by atoms with Crippen molar-refractivity contribution in [2.45, 2.75) is 50.4 Å². The van der Waals surface area contributed by atoms with Gasteiger partial charge >= 0.3 is 0 Å². The van der Waals surface area contributed by atoms with Crippen LogP contribution in [0.5, 0.6) is 0 Å². The highest BCUT2D eigenvalue weighted by Gasteiger charge is 2.27. The highest BCUT2D eigenvalue weighted by Crippen LogP contribution is 2.40. The third-order valence-electron chi connectivity index (χ3n) is 6.92. The van der Waals surface area contributed by atoms with Crippen LogP contribution in [0, 0.1) is 0 Å². The van der Waals surface area contributed by atoms with E-state index >= 15 is 0 Å². The van der Waals surface area contributed by atoms with Crippen LogP contribution < -0.4 is 10.6 Å². The van der Waals surface area contributed by atoms with Crippen LogP contribution in [0.2, 0.25) is 10.0 Å². The molecule has 204 valence electrons. The zero-order chi connectivity index (χ0) is 27.9. The molecule has 2 aromatic carbocycles. The third kappa shape index (κ3) is 7.61. The topological polar surface area (TPSA) is 110 Å². The molecule has 0 aliphatic heterocycles. The van der Waals surface area contributed by atoms with Crippen LogP contribution >= 0.6 is 23.2 Å². The number of amides is 2. The molecule has 2 aromatic heterocycles. The van der Waals surface area contributed by atoms with E-state index in [1.807, 2.05) is 36.4 Å². The maximum atomic E-state index is 12.4. The second-order valence-corrected chi connectivity index (χ2v) is 10.8. The maximum absolute atomic E-state index is 12.4. The van der Waals surface area contributed by atoms with Crippen LogP contribution in [-0.2, 0) is 22.4 Å². The number of halogens is 2. The Morgan fingerprint density at radius 3 is 1.55 bits per heavy atom. The van der Waals surface area contributed by atoms with Crippen molar-refractivity contribution < 1.29 is 9.59 Å². The highest BCUT2D eigenvalue weighted by atomic mass is 35.5. The Labute approximate surface area is 242 Å². The fourth-order valence-electron chi connectivity index (χ4n) is 5.02. The van der Waals surface area contributed by atoms with E-state index in [-0.39, 0.29) is 36.5 Å². The first-order chi connectivity index (χ1) is 19.4. The van der Waals surface area contributed by atoms with Gasteiger partial charge in [0.05, 0.1) is 24.2 Å². The Hall–Kier alpha value is -3.88. The smallest absolute Gasteiger partial charge is 0.229 e. The van der Waals surface area contributed by atoms with Crippen molar-refractivity contribution in [2.24, 2.45) is 0 Å². The number of hydrogen-bond donors (Lipinski definition) is 2. The first-order valence-corrected chi connectivity index (χ1v) is 13.9. The largest absolute Gasteiger partial charge is 0.309 e. The summed E-state index contributed by atoms with van der Waals surface area (Å²) in [6.45, 7) is 0. The SMILES string of the molecule is O=C(Cc1cccc(Cl)c1)Nc1ccc([C@H]2CCC[C@H](c3ccc(NC(=O)Cc4cccc(Cl)c4)nn3)C2)nn1. The molecule has 0 spiro atoms. The second kappa shape index (κ2) is 13.0. The average molecular weight is 576 g/mol. The number of carbonyl (C=O) groups is 2. The molecule has 2 heterocycles. The van der Waals surface area contributed by atoms with E-state index < -0.39 is 0 Å². The Bertz CT molecular complexity index is 1370. The van der Waals surface area contributed by atoms with Crippen molar-refractivity contribution in [2.75, 3.05) is 10.6 Å². The molecule has 1 fully saturated rings. The molecule has 0 saturated heterocycles. The van der Waals surface area contributed by atoms with Gasteiger partial charge in [-0.3, -0.25) is 9.59 Å². The molecular weight excluding hydrogens is 547 g/mol. The fourth-order valence-corrected chi connectivity index (χ4v) is 5.45. The average Bonchev–Trinajstić information content (AvgIpc) is 2.94. The van der Waals surface area contributed by atoms with Gasteiger partial charge in [-0.15, -0.1) is 10.2 Å². The van der Waals surface area contributed by atoms with E-state index in [1.165, 1.54) is 0 Å². The Balaban J connectivity index is 1.14. The van der Waals surface area contributed by atoms with Crippen molar-refractivity contribution >= 4 is 46.7 Å². The number of aromatic nitrogens is 4. The minimum Gasteiger partial charge on any atom is -0.309 e. The molecule has 0 bridgehead atoms. The van der Waals surface area contributed by atoms with Gasteiger partial charge in [-0.1, -0.05) is 53.9 Å². The number of nitrogens with zero attached hydrogens (tertiary/aromatic N) is 4. The molecule has 1 saturated carbocycles. The molecule has 10 heteroatoms. The van der Waals surface area contributed by atoms with Crippen molar-refractivity contribution in [1.82, 2.24) is 20.4 Å². The van der Waals surface area contributed by atoms with Gasteiger partial charge in [-0.25, -0.2) is 0 Å². The number of anilines is 2. The molecule has 1 aliphatic carbocycles. The lowest BCUT2D eigenvalue weighted by Crippen LogP contribution is -2.18. The summed E-state index contributed by atoms with van der Waals surface area (Å²) < 4.78 is 0. The van der Waals surface area contributed by atoms with Gasteiger partial charge in [0.25, 0.3) is 0 Å². The number of carbonyl (C=O) groups excluding carboxylic acids is 2. The minimum absolute atomic E-state index is 0.176. The Morgan fingerprint density at radius 2 is 1.15 bits per heavy atom. The molecule has 2 N–H and O–H groups in total. The van der Waals surface area contributed by atoms with Gasteiger partial charge in [0.15, 0.2) is 11.6 Å². The van der Waals surface area contributed by atoms with Crippen LogP contribution in [0.1, 0.15) is 60.0 Å². The van der Waals surface area contributed by atoms with Crippen LogP contribution in [0.25, 0.3) is 0 Å². The maximum Gasteiger partial charge on any atom is 0.229 e. The number of hydrogen-bond acceptors (Lipinski definition) is 6. The monoisotopic (exact) mass is 574 g/mol. The number of benzene rings is 2.